The van der Waals surface area contributed by atoms with Crippen LogP contribution in [0.1, 0.15) is 13.8 Å². The Bertz CT molecular complexity index is 405. The Morgan fingerprint density at radius 3 is 2.65 bits per heavy atom. The van der Waals surface area contributed by atoms with Gasteiger partial charge in [-0.15, -0.1) is 0 Å². The molecular formula is C15H25ClN4. The summed E-state index contributed by atoms with van der Waals surface area (Å²) in [5.41, 5.74) is 0. The van der Waals surface area contributed by atoms with Gasteiger partial charge in [-0.2, -0.15) is 0 Å². The SMILES string of the molecule is CCN1CCN(C[C@H](C)CNc2ncccc2Cl)CC1. The molecule has 0 saturated carbocycles. The summed E-state index contributed by atoms with van der Waals surface area (Å²) in [5, 5.41) is 4.03. The molecule has 20 heavy (non-hydrogen) atoms. The van der Waals surface area contributed by atoms with Crippen LogP contribution >= 0.6 is 11.6 Å². The molecule has 1 aliphatic rings. The predicted octanol–water partition coefficient (Wildman–Crippen LogP) is 2.42. The van der Waals surface area contributed by atoms with Crippen LogP contribution in [0.25, 0.3) is 0 Å². The highest BCUT2D eigenvalue weighted by Gasteiger charge is 2.17. The number of halogens is 1. The van der Waals surface area contributed by atoms with Crippen molar-refractivity contribution in [3.63, 3.8) is 0 Å². The fraction of sp³-hybridized carbons (Fsp3) is 0.667. The number of rotatable bonds is 6. The van der Waals surface area contributed by atoms with Gasteiger partial charge in [0.05, 0.1) is 5.02 Å². The average molecular weight is 297 g/mol. The number of hydrogen-bond acceptors (Lipinski definition) is 4. The van der Waals surface area contributed by atoms with Gasteiger partial charge in [0.25, 0.3) is 0 Å². The van der Waals surface area contributed by atoms with Gasteiger partial charge in [-0.05, 0) is 24.6 Å². The lowest BCUT2D eigenvalue weighted by Gasteiger charge is -2.35. The van der Waals surface area contributed by atoms with Crippen molar-refractivity contribution in [3.8, 4) is 0 Å². The molecule has 2 rings (SSSR count). The van der Waals surface area contributed by atoms with Gasteiger partial charge in [0.2, 0.25) is 0 Å². The van der Waals surface area contributed by atoms with Crippen molar-refractivity contribution in [1.82, 2.24) is 14.8 Å². The van der Waals surface area contributed by atoms with Crippen molar-refractivity contribution in [1.29, 1.82) is 0 Å². The van der Waals surface area contributed by atoms with E-state index in [2.05, 4.69) is 33.9 Å². The molecule has 1 aromatic heterocycles. The Hall–Kier alpha value is -0.840. The van der Waals surface area contributed by atoms with Crippen LogP contribution in [-0.2, 0) is 0 Å². The highest BCUT2D eigenvalue weighted by Crippen LogP contribution is 2.17. The van der Waals surface area contributed by atoms with Gasteiger partial charge in [-0.1, -0.05) is 25.4 Å². The van der Waals surface area contributed by atoms with Gasteiger partial charge in [-0.25, -0.2) is 4.98 Å². The van der Waals surface area contributed by atoms with Crippen LogP contribution < -0.4 is 5.32 Å². The van der Waals surface area contributed by atoms with Crippen molar-refractivity contribution in [3.05, 3.63) is 23.4 Å². The third-order valence-electron chi connectivity index (χ3n) is 3.86. The maximum Gasteiger partial charge on any atom is 0.144 e. The van der Waals surface area contributed by atoms with E-state index in [9.17, 15) is 0 Å². The number of nitrogens with one attached hydrogen (secondary N) is 1. The number of hydrogen-bond donors (Lipinski definition) is 1. The number of likely N-dealkylation sites (N-methyl/N-ethyl adjacent to an activating group) is 1. The molecule has 1 aliphatic heterocycles. The molecule has 2 heterocycles. The van der Waals surface area contributed by atoms with Crippen LogP contribution in [0, 0.1) is 5.92 Å². The normalized spacial score (nSPS) is 18.9. The molecule has 0 bridgehead atoms. The summed E-state index contributed by atoms with van der Waals surface area (Å²) in [4.78, 5) is 9.32. The van der Waals surface area contributed by atoms with E-state index in [4.69, 9.17) is 11.6 Å². The summed E-state index contributed by atoms with van der Waals surface area (Å²) in [5.74, 6) is 1.37. The molecule has 0 aliphatic carbocycles. The summed E-state index contributed by atoms with van der Waals surface area (Å²) in [7, 11) is 0. The average Bonchev–Trinajstić information content (AvgIpc) is 2.47. The number of piperazine rings is 1. The molecule has 1 aromatic rings. The molecule has 0 radical (unpaired) electrons. The van der Waals surface area contributed by atoms with E-state index < -0.39 is 0 Å². The monoisotopic (exact) mass is 296 g/mol. The smallest absolute Gasteiger partial charge is 0.144 e. The summed E-state index contributed by atoms with van der Waals surface area (Å²) < 4.78 is 0. The minimum atomic E-state index is 0.584. The van der Waals surface area contributed by atoms with E-state index in [0.29, 0.717) is 10.9 Å². The fourth-order valence-electron chi connectivity index (χ4n) is 2.58. The van der Waals surface area contributed by atoms with Crippen LogP contribution in [0.15, 0.2) is 18.3 Å². The molecule has 1 fully saturated rings. The van der Waals surface area contributed by atoms with E-state index in [1.165, 1.54) is 32.7 Å². The molecular weight excluding hydrogens is 272 g/mol. The zero-order valence-corrected chi connectivity index (χ0v) is 13.2. The van der Waals surface area contributed by atoms with E-state index in [1.807, 2.05) is 12.1 Å². The zero-order chi connectivity index (χ0) is 14.4. The third kappa shape index (κ3) is 4.62. The Balaban J connectivity index is 1.71. The molecule has 0 amide bonds. The van der Waals surface area contributed by atoms with Gasteiger partial charge < -0.3 is 15.1 Å². The molecule has 4 nitrogen and oxygen atoms in total. The second-order valence-electron chi connectivity index (χ2n) is 5.55. The lowest BCUT2D eigenvalue weighted by atomic mass is 10.1. The Labute approximate surface area is 127 Å². The number of pyridine rings is 1. The second-order valence-corrected chi connectivity index (χ2v) is 5.96. The van der Waals surface area contributed by atoms with Gasteiger partial charge in [-0.3, -0.25) is 0 Å². The first kappa shape index (κ1) is 15.5. The van der Waals surface area contributed by atoms with E-state index in [0.717, 1.165) is 18.9 Å². The topological polar surface area (TPSA) is 31.4 Å². The number of aromatic nitrogens is 1. The largest absolute Gasteiger partial charge is 0.369 e. The third-order valence-corrected chi connectivity index (χ3v) is 4.16. The molecule has 0 unspecified atom stereocenters. The Morgan fingerprint density at radius 2 is 2.00 bits per heavy atom. The van der Waals surface area contributed by atoms with Crippen LogP contribution in [0.2, 0.25) is 5.02 Å². The van der Waals surface area contributed by atoms with E-state index >= 15 is 0 Å². The number of anilines is 1. The summed E-state index contributed by atoms with van der Waals surface area (Å²) in [6.07, 6.45) is 1.77. The molecule has 1 saturated heterocycles. The van der Waals surface area contributed by atoms with Crippen molar-refractivity contribution in [2.24, 2.45) is 5.92 Å². The molecule has 0 spiro atoms. The molecule has 1 N–H and O–H groups in total. The minimum Gasteiger partial charge on any atom is -0.369 e. The fourth-order valence-corrected chi connectivity index (χ4v) is 2.77. The van der Waals surface area contributed by atoms with E-state index in [1.54, 1.807) is 6.20 Å². The van der Waals surface area contributed by atoms with Crippen molar-refractivity contribution in [2.45, 2.75) is 13.8 Å². The van der Waals surface area contributed by atoms with Crippen molar-refractivity contribution < 1.29 is 0 Å². The maximum atomic E-state index is 6.09. The first-order chi connectivity index (χ1) is 9.69. The summed E-state index contributed by atoms with van der Waals surface area (Å²) >= 11 is 6.09. The molecule has 5 heteroatoms. The first-order valence-corrected chi connectivity index (χ1v) is 7.86. The van der Waals surface area contributed by atoms with Crippen LogP contribution in [0.4, 0.5) is 5.82 Å². The van der Waals surface area contributed by atoms with Gasteiger partial charge >= 0.3 is 0 Å². The number of nitrogens with zero attached hydrogens (tertiary/aromatic N) is 3. The lowest BCUT2D eigenvalue weighted by molar-refractivity contribution is 0.126. The van der Waals surface area contributed by atoms with Crippen LogP contribution in [0.5, 0.6) is 0 Å². The summed E-state index contributed by atoms with van der Waals surface area (Å²) in [6.45, 7) is 12.5. The first-order valence-electron chi connectivity index (χ1n) is 7.48. The van der Waals surface area contributed by atoms with Crippen LogP contribution in [0.3, 0.4) is 0 Å². The van der Waals surface area contributed by atoms with Gasteiger partial charge in [0.1, 0.15) is 5.82 Å². The molecule has 112 valence electrons. The minimum absolute atomic E-state index is 0.584. The second kappa shape index (κ2) is 7.81. The zero-order valence-electron chi connectivity index (χ0n) is 12.5. The quantitative estimate of drug-likeness (QED) is 0.874. The predicted molar refractivity (Wildman–Crippen MR) is 85.5 cm³/mol. The lowest BCUT2D eigenvalue weighted by Crippen LogP contribution is -2.47. The molecule has 0 aromatic carbocycles. The highest BCUT2D eigenvalue weighted by atomic mass is 35.5. The van der Waals surface area contributed by atoms with Crippen molar-refractivity contribution >= 4 is 17.4 Å². The maximum absolute atomic E-state index is 6.09. The highest BCUT2D eigenvalue weighted by molar-refractivity contribution is 6.32. The van der Waals surface area contributed by atoms with E-state index in [-0.39, 0.29) is 0 Å². The van der Waals surface area contributed by atoms with Crippen LogP contribution in [-0.4, -0.2) is 60.6 Å². The standard InChI is InChI=1S/C15H25ClN4/c1-3-19-7-9-20(10-8-19)12-13(2)11-18-15-14(16)5-4-6-17-15/h4-6,13H,3,7-12H2,1-2H3,(H,17,18)/t13-/m1/s1. The van der Waals surface area contributed by atoms with Gasteiger partial charge in [0.15, 0.2) is 0 Å². The molecule has 1 atom stereocenters. The van der Waals surface area contributed by atoms with Crippen molar-refractivity contribution in [2.75, 3.05) is 51.1 Å². The van der Waals surface area contributed by atoms with Gasteiger partial charge in [0, 0.05) is 45.5 Å². The summed E-state index contributed by atoms with van der Waals surface area (Å²) in [6, 6.07) is 3.72. The Morgan fingerprint density at radius 1 is 1.30 bits per heavy atom. The Kier molecular flexibility index (Phi) is 6.07.